The predicted molar refractivity (Wildman–Crippen MR) is 109 cm³/mol. The van der Waals surface area contributed by atoms with Gasteiger partial charge in [-0.2, -0.15) is 5.10 Å². The van der Waals surface area contributed by atoms with Crippen molar-refractivity contribution in [3.05, 3.63) is 65.6 Å². The van der Waals surface area contributed by atoms with Crippen molar-refractivity contribution >= 4 is 11.6 Å². The molecule has 1 saturated heterocycles. The Morgan fingerprint density at radius 2 is 1.71 bits per heavy atom. The monoisotopic (exact) mass is 377 g/mol. The van der Waals surface area contributed by atoms with Crippen LogP contribution in [0.1, 0.15) is 42.5 Å². The first kappa shape index (κ1) is 18.6. The molecule has 4 rings (SSSR count). The van der Waals surface area contributed by atoms with Gasteiger partial charge in [-0.15, -0.1) is 0 Å². The molecule has 6 heteroatoms. The highest BCUT2D eigenvalue weighted by Gasteiger charge is 2.24. The summed E-state index contributed by atoms with van der Waals surface area (Å²) >= 11 is 0. The Balaban J connectivity index is 1.42. The number of piperazine rings is 1. The number of nitrogens with zero attached hydrogens (tertiary/aromatic N) is 5. The summed E-state index contributed by atoms with van der Waals surface area (Å²) in [6.07, 6.45) is 1.92. The van der Waals surface area contributed by atoms with Gasteiger partial charge in [0.05, 0.1) is 11.9 Å². The van der Waals surface area contributed by atoms with Crippen LogP contribution < -0.4 is 0 Å². The van der Waals surface area contributed by atoms with E-state index in [1.807, 2.05) is 23.2 Å². The summed E-state index contributed by atoms with van der Waals surface area (Å²) in [5.41, 5.74) is 3.48. The Morgan fingerprint density at radius 3 is 2.39 bits per heavy atom. The molecule has 0 N–H and O–H groups in total. The topological polar surface area (TPSA) is 53.7 Å². The number of fused-ring (bicyclic) bond motifs is 1. The maximum absolute atomic E-state index is 12.9. The van der Waals surface area contributed by atoms with Gasteiger partial charge in [0, 0.05) is 38.1 Å². The van der Waals surface area contributed by atoms with Gasteiger partial charge in [-0.05, 0) is 17.7 Å². The van der Waals surface area contributed by atoms with Gasteiger partial charge in [0.15, 0.2) is 5.65 Å². The molecule has 1 aliphatic heterocycles. The van der Waals surface area contributed by atoms with Crippen LogP contribution in [0.4, 0.5) is 0 Å². The van der Waals surface area contributed by atoms with Crippen molar-refractivity contribution in [3.8, 4) is 0 Å². The van der Waals surface area contributed by atoms with Crippen LogP contribution in [0, 0.1) is 0 Å². The van der Waals surface area contributed by atoms with E-state index in [0.29, 0.717) is 5.69 Å². The smallest absolute Gasteiger partial charge is 0.274 e. The highest BCUT2D eigenvalue weighted by Crippen LogP contribution is 2.21. The van der Waals surface area contributed by atoms with E-state index in [0.717, 1.165) is 44.1 Å². The Morgan fingerprint density at radius 1 is 1.00 bits per heavy atom. The summed E-state index contributed by atoms with van der Waals surface area (Å²) in [5, 5.41) is 4.52. The molecule has 28 heavy (non-hydrogen) atoms. The lowest BCUT2D eigenvalue weighted by Gasteiger charge is -2.34. The largest absolute Gasteiger partial charge is 0.335 e. The summed E-state index contributed by atoms with van der Waals surface area (Å²) in [5.74, 6) is -0.00716. The van der Waals surface area contributed by atoms with E-state index in [2.05, 4.69) is 60.0 Å². The zero-order valence-electron chi connectivity index (χ0n) is 16.8. The first-order valence-electron chi connectivity index (χ1n) is 9.83. The zero-order chi connectivity index (χ0) is 19.7. The first-order chi connectivity index (χ1) is 13.4. The zero-order valence-corrected chi connectivity index (χ0v) is 16.8. The average Bonchev–Trinajstić information content (AvgIpc) is 3.13. The third-order valence-electron chi connectivity index (χ3n) is 5.22. The van der Waals surface area contributed by atoms with Gasteiger partial charge in [-0.25, -0.2) is 9.50 Å². The molecule has 0 spiro atoms. The van der Waals surface area contributed by atoms with Crippen LogP contribution in [0.15, 0.2) is 48.7 Å². The second-order valence-electron chi connectivity index (χ2n) is 8.45. The van der Waals surface area contributed by atoms with Crippen molar-refractivity contribution in [1.82, 2.24) is 24.4 Å². The number of imidazole rings is 1. The molecule has 0 bridgehead atoms. The fourth-order valence-electron chi connectivity index (χ4n) is 3.47. The van der Waals surface area contributed by atoms with Crippen molar-refractivity contribution in [1.29, 1.82) is 0 Å². The Hall–Kier alpha value is -2.73. The third-order valence-corrected chi connectivity index (χ3v) is 5.22. The highest BCUT2D eigenvalue weighted by atomic mass is 16.2. The summed E-state index contributed by atoms with van der Waals surface area (Å²) in [7, 11) is 0. The predicted octanol–water partition coefficient (Wildman–Crippen LogP) is 2.98. The summed E-state index contributed by atoms with van der Waals surface area (Å²) in [6.45, 7) is 10.5. The lowest BCUT2D eigenvalue weighted by atomic mass is 9.93. The van der Waals surface area contributed by atoms with E-state index in [1.165, 1.54) is 5.56 Å². The van der Waals surface area contributed by atoms with Gasteiger partial charge in [-0.1, -0.05) is 51.1 Å². The molecule has 1 aliphatic rings. The normalized spacial score (nSPS) is 15.9. The van der Waals surface area contributed by atoms with E-state index < -0.39 is 0 Å². The van der Waals surface area contributed by atoms with Crippen LogP contribution >= 0.6 is 0 Å². The number of benzene rings is 1. The van der Waals surface area contributed by atoms with Gasteiger partial charge >= 0.3 is 0 Å². The maximum Gasteiger partial charge on any atom is 0.274 e. The molecule has 0 aliphatic carbocycles. The molecule has 3 heterocycles. The summed E-state index contributed by atoms with van der Waals surface area (Å²) < 4.78 is 1.72. The highest BCUT2D eigenvalue weighted by molar-refractivity contribution is 5.92. The van der Waals surface area contributed by atoms with Crippen molar-refractivity contribution in [2.24, 2.45) is 0 Å². The average molecular weight is 377 g/mol. The molecular weight excluding hydrogens is 350 g/mol. The number of hydrogen-bond acceptors (Lipinski definition) is 4. The molecule has 6 nitrogen and oxygen atoms in total. The molecule has 0 atom stereocenters. The molecule has 3 aromatic rings. The molecule has 146 valence electrons. The van der Waals surface area contributed by atoms with Gasteiger partial charge in [0.2, 0.25) is 0 Å². The van der Waals surface area contributed by atoms with Crippen LogP contribution in [0.25, 0.3) is 5.65 Å². The SMILES string of the molecule is CC(C)(C)c1cn2nc(C(=O)N3CCN(Cc4ccccc4)CC3)ccc2n1. The lowest BCUT2D eigenvalue weighted by Crippen LogP contribution is -2.48. The quantitative estimate of drug-likeness (QED) is 0.704. The van der Waals surface area contributed by atoms with Crippen LogP contribution in [0.3, 0.4) is 0 Å². The minimum absolute atomic E-state index is 0.00716. The number of carbonyl (C=O) groups is 1. The Bertz CT molecular complexity index is 966. The first-order valence-corrected chi connectivity index (χ1v) is 9.83. The molecule has 0 radical (unpaired) electrons. The molecule has 0 saturated carbocycles. The second-order valence-corrected chi connectivity index (χ2v) is 8.45. The second kappa shape index (κ2) is 7.36. The lowest BCUT2D eigenvalue weighted by molar-refractivity contribution is 0.0621. The molecule has 1 fully saturated rings. The van der Waals surface area contributed by atoms with E-state index in [-0.39, 0.29) is 11.3 Å². The standard InChI is InChI=1S/C22H27N5O/c1-22(2,3)19-16-27-20(23-19)10-9-18(24-27)21(28)26-13-11-25(12-14-26)15-17-7-5-4-6-8-17/h4-10,16H,11-15H2,1-3H3. The third kappa shape index (κ3) is 3.92. The molecular formula is C22H27N5O. The molecule has 0 unspecified atom stereocenters. The number of hydrogen-bond donors (Lipinski definition) is 0. The Kier molecular flexibility index (Phi) is 4.89. The van der Waals surface area contributed by atoms with Crippen LogP contribution in [-0.2, 0) is 12.0 Å². The Labute approximate surface area is 165 Å². The van der Waals surface area contributed by atoms with Gasteiger partial charge in [0.1, 0.15) is 5.69 Å². The van der Waals surface area contributed by atoms with Gasteiger partial charge in [0.25, 0.3) is 5.91 Å². The maximum atomic E-state index is 12.9. The van der Waals surface area contributed by atoms with Crippen molar-refractivity contribution in [2.45, 2.75) is 32.7 Å². The molecule has 2 aromatic heterocycles. The van der Waals surface area contributed by atoms with Crippen LogP contribution in [-0.4, -0.2) is 56.5 Å². The fraction of sp³-hybridized carbons (Fsp3) is 0.409. The summed E-state index contributed by atoms with van der Waals surface area (Å²) in [6, 6.07) is 14.1. The van der Waals surface area contributed by atoms with E-state index in [1.54, 1.807) is 10.6 Å². The molecule has 1 aromatic carbocycles. The summed E-state index contributed by atoms with van der Waals surface area (Å²) in [4.78, 5) is 21.8. The van der Waals surface area contributed by atoms with E-state index in [9.17, 15) is 4.79 Å². The van der Waals surface area contributed by atoms with Gasteiger partial charge < -0.3 is 4.90 Å². The number of amides is 1. The van der Waals surface area contributed by atoms with Crippen LogP contribution in [0.5, 0.6) is 0 Å². The number of aromatic nitrogens is 3. The van der Waals surface area contributed by atoms with Gasteiger partial charge in [-0.3, -0.25) is 9.69 Å². The van der Waals surface area contributed by atoms with Crippen LogP contribution in [0.2, 0.25) is 0 Å². The van der Waals surface area contributed by atoms with Crippen molar-refractivity contribution in [2.75, 3.05) is 26.2 Å². The van der Waals surface area contributed by atoms with E-state index in [4.69, 9.17) is 0 Å². The van der Waals surface area contributed by atoms with Crippen molar-refractivity contribution in [3.63, 3.8) is 0 Å². The van der Waals surface area contributed by atoms with Crippen molar-refractivity contribution < 1.29 is 4.79 Å². The minimum atomic E-state index is -0.0487. The molecule has 1 amide bonds. The minimum Gasteiger partial charge on any atom is -0.335 e. The fourth-order valence-corrected chi connectivity index (χ4v) is 3.47. The van der Waals surface area contributed by atoms with E-state index >= 15 is 0 Å². The number of rotatable bonds is 3. The number of carbonyl (C=O) groups excluding carboxylic acids is 1.